The monoisotopic (exact) mass is 206 g/mol. The van der Waals surface area contributed by atoms with E-state index in [2.05, 4.69) is 4.18 Å². The molecule has 0 aliphatic heterocycles. The molecule has 1 N–H and O–H groups in total. The Labute approximate surface area is 73.9 Å². The molecule has 0 heterocycles. The molecule has 1 aromatic carbocycles. The van der Waals surface area contributed by atoms with Crippen molar-refractivity contribution in [3.63, 3.8) is 0 Å². The van der Waals surface area contributed by atoms with E-state index in [-0.39, 0.29) is 0 Å². The van der Waals surface area contributed by atoms with Crippen molar-refractivity contribution in [3.05, 3.63) is 30.3 Å². The second-order valence-electron chi connectivity index (χ2n) is 1.82. The van der Waals surface area contributed by atoms with Crippen LogP contribution in [0.1, 0.15) is 0 Å². The van der Waals surface area contributed by atoms with Crippen LogP contribution in [-0.4, -0.2) is 13.0 Å². The zero-order valence-corrected chi connectivity index (χ0v) is 7.51. The summed E-state index contributed by atoms with van der Waals surface area (Å²) in [4.78, 5) is 0. The molecule has 0 spiro atoms. The number of hydrogen-bond acceptors (Lipinski definition) is 3. The van der Waals surface area contributed by atoms with E-state index in [9.17, 15) is 8.42 Å². The third-order valence-electron chi connectivity index (χ3n) is 1.02. The summed E-state index contributed by atoms with van der Waals surface area (Å²) in [7, 11) is -4.66. The molecule has 0 saturated carbocycles. The third-order valence-corrected chi connectivity index (χ3v) is 2.49. The molecule has 0 bridgehead atoms. The van der Waals surface area contributed by atoms with Crippen molar-refractivity contribution in [1.29, 1.82) is 0 Å². The highest BCUT2D eigenvalue weighted by molar-refractivity contribution is 8.56. The fraction of sp³-hybridized carbons (Fsp3) is 0. The van der Waals surface area contributed by atoms with Gasteiger partial charge < -0.3 is 4.18 Å². The van der Waals surface area contributed by atoms with Crippen LogP contribution in [-0.2, 0) is 20.2 Å². The average Bonchev–Trinajstić information content (AvgIpc) is 2.06. The van der Waals surface area contributed by atoms with Crippen LogP contribution < -0.4 is 4.18 Å². The van der Waals surface area contributed by atoms with Crippen LogP contribution in [0.15, 0.2) is 30.3 Å². The molecule has 0 saturated heterocycles. The molecular formula is C6H6O4S2. The molecule has 0 aromatic heterocycles. The fourth-order valence-corrected chi connectivity index (χ4v) is 1.32. The summed E-state index contributed by atoms with van der Waals surface area (Å²) in [6.45, 7) is 0. The van der Waals surface area contributed by atoms with Crippen LogP contribution in [0.2, 0.25) is 0 Å². The number of benzene rings is 1. The second-order valence-corrected chi connectivity index (χ2v) is 4.50. The van der Waals surface area contributed by atoms with E-state index in [1.54, 1.807) is 30.3 Å². The van der Waals surface area contributed by atoms with Gasteiger partial charge in [-0.2, -0.15) is 4.21 Å². The van der Waals surface area contributed by atoms with Gasteiger partial charge in [-0.3, -0.25) is 4.55 Å². The Kier molecular flexibility index (Phi) is 3.39. The van der Waals surface area contributed by atoms with Crippen molar-refractivity contribution in [1.82, 2.24) is 0 Å². The lowest BCUT2D eigenvalue weighted by molar-refractivity contribution is 0.548. The highest BCUT2D eigenvalue weighted by Gasteiger charge is 2.07. The number of rotatable bonds is 3. The molecule has 2 atom stereocenters. The average molecular weight is 206 g/mol. The standard InChI is InChI=1S/C6H6O4S2/c7-11(8)12(9)10-6-4-2-1-3-5-6/h1-5H,(H,7,8). The minimum Gasteiger partial charge on any atom is -0.389 e. The van der Waals surface area contributed by atoms with Gasteiger partial charge in [-0.25, -0.2) is 4.21 Å². The molecule has 0 amide bonds. The number of para-hydroxylation sites is 1. The van der Waals surface area contributed by atoms with Crippen molar-refractivity contribution < 1.29 is 17.2 Å². The molecule has 12 heavy (non-hydrogen) atoms. The second kappa shape index (κ2) is 4.34. The van der Waals surface area contributed by atoms with Crippen LogP contribution in [0.3, 0.4) is 0 Å². The van der Waals surface area contributed by atoms with Crippen LogP contribution in [0.5, 0.6) is 5.75 Å². The summed E-state index contributed by atoms with van der Waals surface area (Å²) in [5.41, 5.74) is 0. The minimum atomic E-state index is -2.46. The molecule has 0 fully saturated rings. The summed E-state index contributed by atoms with van der Waals surface area (Å²) in [6, 6.07) is 8.20. The van der Waals surface area contributed by atoms with Gasteiger partial charge in [0, 0.05) is 0 Å². The van der Waals surface area contributed by atoms with Crippen LogP contribution in [0.25, 0.3) is 0 Å². The van der Waals surface area contributed by atoms with Crippen molar-refractivity contribution in [3.8, 4) is 5.75 Å². The maximum Gasteiger partial charge on any atom is 0.329 e. The van der Waals surface area contributed by atoms with Crippen molar-refractivity contribution in [2.24, 2.45) is 0 Å². The van der Waals surface area contributed by atoms with Crippen LogP contribution in [0.4, 0.5) is 0 Å². The first-order valence-electron chi connectivity index (χ1n) is 2.96. The molecule has 66 valence electrons. The normalized spacial score (nSPS) is 15.1. The SMILES string of the molecule is O=S(O)S(=O)Oc1ccccc1. The van der Waals surface area contributed by atoms with Crippen LogP contribution >= 0.6 is 0 Å². The van der Waals surface area contributed by atoms with Gasteiger partial charge in [-0.15, -0.1) is 0 Å². The zero-order valence-electron chi connectivity index (χ0n) is 5.88. The summed E-state index contributed by atoms with van der Waals surface area (Å²) in [5, 5.41) is 0. The number of hydrogen-bond donors (Lipinski definition) is 1. The first-order chi connectivity index (χ1) is 5.70. The largest absolute Gasteiger partial charge is 0.389 e. The Hall–Kier alpha value is -0.720. The summed E-state index contributed by atoms with van der Waals surface area (Å²) in [5.74, 6) is 0.304. The van der Waals surface area contributed by atoms with Gasteiger partial charge in [0.25, 0.3) is 10.1 Å². The Morgan fingerprint density at radius 1 is 1.17 bits per heavy atom. The van der Waals surface area contributed by atoms with Gasteiger partial charge in [0.1, 0.15) is 5.75 Å². The summed E-state index contributed by atoms with van der Waals surface area (Å²) < 4.78 is 33.8. The predicted octanol–water partition coefficient (Wildman–Crippen LogP) is 0.866. The van der Waals surface area contributed by atoms with E-state index in [1.165, 1.54) is 0 Å². The minimum absolute atomic E-state index is 0.304. The quantitative estimate of drug-likeness (QED) is 0.588. The maximum atomic E-state index is 10.7. The van der Waals surface area contributed by atoms with Crippen molar-refractivity contribution >= 4 is 20.2 Å². The maximum absolute atomic E-state index is 10.7. The van der Waals surface area contributed by atoms with Crippen LogP contribution in [0, 0.1) is 0 Å². The zero-order chi connectivity index (χ0) is 8.97. The van der Waals surface area contributed by atoms with Crippen molar-refractivity contribution in [2.75, 3.05) is 0 Å². The third kappa shape index (κ3) is 2.72. The highest BCUT2D eigenvalue weighted by Crippen LogP contribution is 2.10. The molecule has 0 aliphatic carbocycles. The lowest BCUT2D eigenvalue weighted by atomic mass is 10.3. The van der Waals surface area contributed by atoms with E-state index in [1.807, 2.05) is 0 Å². The molecule has 2 unspecified atom stereocenters. The first kappa shape index (κ1) is 9.37. The lowest BCUT2D eigenvalue weighted by Gasteiger charge is -1.98. The highest BCUT2D eigenvalue weighted by atomic mass is 33.2. The van der Waals surface area contributed by atoms with E-state index >= 15 is 0 Å². The molecule has 1 aromatic rings. The predicted molar refractivity (Wildman–Crippen MR) is 46.0 cm³/mol. The molecule has 6 heteroatoms. The van der Waals surface area contributed by atoms with Gasteiger partial charge in [0.15, 0.2) is 0 Å². The lowest BCUT2D eigenvalue weighted by Crippen LogP contribution is -2.05. The molecular weight excluding hydrogens is 200 g/mol. The summed E-state index contributed by atoms with van der Waals surface area (Å²) in [6.07, 6.45) is 0. The Balaban J connectivity index is 2.65. The van der Waals surface area contributed by atoms with Gasteiger partial charge >= 0.3 is 10.1 Å². The van der Waals surface area contributed by atoms with Gasteiger partial charge in [-0.1, -0.05) is 18.2 Å². The molecule has 0 aliphatic rings. The molecule has 0 radical (unpaired) electrons. The summed E-state index contributed by atoms with van der Waals surface area (Å²) >= 11 is 0. The van der Waals surface area contributed by atoms with E-state index in [0.29, 0.717) is 5.75 Å². The molecule has 4 nitrogen and oxygen atoms in total. The Bertz CT molecular complexity index is 298. The van der Waals surface area contributed by atoms with Gasteiger partial charge in [0.05, 0.1) is 0 Å². The molecule has 1 rings (SSSR count). The van der Waals surface area contributed by atoms with Gasteiger partial charge in [-0.05, 0) is 12.1 Å². The van der Waals surface area contributed by atoms with E-state index in [4.69, 9.17) is 4.55 Å². The Morgan fingerprint density at radius 3 is 2.25 bits per heavy atom. The smallest absolute Gasteiger partial charge is 0.329 e. The topological polar surface area (TPSA) is 63.6 Å². The van der Waals surface area contributed by atoms with E-state index < -0.39 is 20.2 Å². The Morgan fingerprint density at radius 2 is 1.75 bits per heavy atom. The first-order valence-corrected chi connectivity index (χ1v) is 5.66. The van der Waals surface area contributed by atoms with Crippen molar-refractivity contribution in [2.45, 2.75) is 0 Å². The van der Waals surface area contributed by atoms with E-state index in [0.717, 1.165) is 0 Å². The van der Waals surface area contributed by atoms with Gasteiger partial charge in [0.2, 0.25) is 0 Å². The fourth-order valence-electron chi connectivity index (χ4n) is 0.584.